The molecule has 0 saturated carbocycles. The van der Waals surface area contributed by atoms with E-state index in [1.165, 1.54) is 32.5 Å². The van der Waals surface area contributed by atoms with Crippen molar-refractivity contribution in [2.45, 2.75) is 0 Å². The summed E-state index contributed by atoms with van der Waals surface area (Å²) in [5, 5.41) is 6.97. The van der Waals surface area contributed by atoms with Crippen LogP contribution in [-0.2, 0) is 0 Å². The van der Waals surface area contributed by atoms with Crippen LogP contribution in [0.15, 0.2) is 303 Å². The molecule has 14 aromatic rings. The van der Waals surface area contributed by atoms with Crippen molar-refractivity contribution in [3.63, 3.8) is 0 Å². The number of nitrogens with zero attached hydrogens (tertiary/aromatic N) is 4. The number of para-hydroxylation sites is 6. The number of hydrogen-bond acceptors (Lipinski definition) is 6. The first-order valence-corrected chi connectivity index (χ1v) is 29.5. The average Bonchev–Trinajstić information content (AvgIpc) is 0.815. The van der Waals surface area contributed by atoms with Crippen molar-refractivity contribution >= 4 is 147 Å². The standard InChI is InChI=1S/C78H50B2N4O2/c1-7-23-51(24-8-1)81(52-25-9-2-10-26-52)57-41-43-65-71(45-57)83(55-31-15-5-16-32-55)69-37-21-39-73-77(69)79(65)67-47-61-59-35-19-20-36-60(59)62-48-68-76(50-64(62)63(61)49-75(67)85-73)86-74-40-22-38-70-78(74)80(68)66-44-42-58(46-72(66)84(70)56-33-17-6-18-34-56)82(53-27-11-3-12-28-53)54-29-13-4-14-30-54/h1-50H. The average molecular weight is 1100 g/mol. The fourth-order valence-corrected chi connectivity index (χ4v) is 14.5. The van der Waals surface area contributed by atoms with Gasteiger partial charge in [0.25, 0.3) is 13.4 Å². The van der Waals surface area contributed by atoms with Gasteiger partial charge in [0.1, 0.15) is 23.0 Å². The van der Waals surface area contributed by atoms with Crippen LogP contribution in [-0.4, -0.2) is 13.4 Å². The van der Waals surface area contributed by atoms with E-state index in [1.54, 1.807) is 0 Å². The van der Waals surface area contributed by atoms with E-state index in [2.05, 4.69) is 323 Å². The molecule has 0 bridgehead atoms. The Balaban J connectivity index is 0.833. The lowest BCUT2D eigenvalue weighted by Crippen LogP contribution is -2.59. The van der Waals surface area contributed by atoms with E-state index in [9.17, 15) is 0 Å². The van der Waals surface area contributed by atoms with Crippen molar-refractivity contribution in [2.24, 2.45) is 0 Å². The largest absolute Gasteiger partial charge is 0.458 e. The van der Waals surface area contributed by atoms with Crippen LogP contribution in [0.25, 0.3) is 32.3 Å². The van der Waals surface area contributed by atoms with Crippen molar-refractivity contribution < 1.29 is 9.47 Å². The number of ether oxygens (including phenoxy) is 2. The van der Waals surface area contributed by atoms with E-state index >= 15 is 0 Å². The summed E-state index contributed by atoms with van der Waals surface area (Å²) < 4.78 is 14.6. The van der Waals surface area contributed by atoms with Crippen LogP contribution in [0.4, 0.5) is 68.2 Å². The molecular weight excluding hydrogens is 1050 g/mol. The minimum atomic E-state index is -0.123. The normalized spacial score (nSPS) is 13.0. The molecule has 0 aromatic heterocycles. The Morgan fingerprint density at radius 3 is 0.942 bits per heavy atom. The van der Waals surface area contributed by atoms with E-state index in [-0.39, 0.29) is 13.4 Å². The fraction of sp³-hybridized carbons (Fsp3) is 0. The predicted molar refractivity (Wildman–Crippen MR) is 360 cm³/mol. The van der Waals surface area contributed by atoms with Gasteiger partial charge in [-0.2, -0.15) is 0 Å². The summed E-state index contributed by atoms with van der Waals surface area (Å²) in [4.78, 5) is 9.56. The van der Waals surface area contributed by atoms with Gasteiger partial charge < -0.3 is 29.1 Å². The van der Waals surface area contributed by atoms with Gasteiger partial charge in [-0.05, 0) is 199 Å². The minimum absolute atomic E-state index is 0.123. The molecule has 0 radical (unpaired) electrons. The van der Waals surface area contributed by atoms with Gasteiger partial charge in [0.15, 0.2) is 0 Å². The van der Waals surface area contributed by atoms with Gasteiger partial charge in [0.05, 0.1) is 0 Å². The molecule has 14 aromatic carbocycles. The van der Waals surface area contributed by atoms with Crippen LogP contribution in [0.1, 0.15) is 0 Å². The number of anilines is 12. The van der Waals surface area contributed by atoms with Gasteiger partial charge in [-0.15, -0.1) is 0 Å². The molecule has 6 nitrogen and oxygen atoms in total. The molecule has 4 heterocycles. The van der Waals surface area contributed by atoms with Crippen molar-refractivity contribution in [3.8, 4) is 23.0 Å². The predicted octanol–water partition coefficient (Wildman–Crippen LogP) is 16.9. The van der Waals surface area contributed by atoms with Crippen molar-refractivity contribution in [1.29, 1.82) is 0 Å². The van der Waals surface area contributed by atoms with Crippen molar-refractivity contribution in [1.82, 2.24) is 0 Å². The molecule has 0 saturated heterocycles. The highest BCUT2D eigenvalue weighted by molar-refractivity contribution is 7.00. The number of benzene rings is 14. The summed E-state index contributed by atoms with van der Waals surface area (Å²) >= 11 is 0. The Kier molecular flexibility index (Phi) is 10.8. The Morgan fingerprint density at radius 1 is 0.233 bits per heavy atom. The molecule has 400 valence electrons. The van der Waals surface area contributed by atoms with Crippen LogP contribution in [0, 0.1) is 0 Å². The Hall–Kier alpha value is -11.2. The van der Waals surface area contributed by atoms with Gasteiger partial charge in [0, 0.05) is 68.2 Å². The lowest BCUT2D eigenvalue weighted by molar-refractivity contribution is 0.487. The lowest BCUT2D eigenvalue weighted by Gasteiger charge is -2.41. The molecule has 18 rings (SSSR count). The zero-order chi connectivity index (χ0) is 56.4. The van der Waals surface area contributed by atoms with E-state index in [0.29, 0.717) is 0 Å². The summed E-state index contributed by atoms with van der Waals surface area (Å²) in [7, 11) is 0. The Morgan fingerprint density at radius 2 is 0.570 bits per heavy atom. The highest BCUT2D eigenvalue weighted by Gasteiger charge is 2.45. The van der Waals surface area contributed by atoms with Crippen LogP contribution in [0.2, 0.25) is 0 Å². The SMILES string of the molecule is c1ccc(N(c2ccccc2)c2ccc3c(c2)N(c2ccccc2)c2cccc4c2B3c2cc3c5ccccc5c5cc6c(cc5c3cc2O4)Oc2cccc3c2B6c2ccc(N(c4ccccc4)c4ccccc4)cc2N3c2ccccc2)cc1. The van der Waals surface area contributed by atoms with E-state index in [4.69, 9.17) is 9.47 Å². The Labute approximate surface area is 499 Å². The number of hydrogen-bond donors (Lipinski definition) is 0. The molecule has 8 heteroatoms. The van der Waals surface area contributed by atoms with E-state index in [0.717, 1.165) is 124 Å². The molecule has 0 aliphatic carbocycles. The molecular formula is C78H50B2N4O2. The first-order valence-electron chi connectivity index (χ1n) is 29.5. The molecule has 0 amide bonds. The smallest absolute Gasteiger partial charge is 0.256 e. The maximum atomic E-state index is 7.28. The van der Waals surface area contributed by atoms with Gasteiger partial charge >= 0.3 is 0 Å². The molecule has 0 spiro atoms. The highest BCUT2D eigenvalue weighted by Crippen LogP contribution is 2.48. The molecule has 0 unspecified atom stereocenters. The molecule has 0 fully saturated rings. The van der Waals surface area contributed by atoms with Gasteiger partial charge in [0.2, 0.25) is 0 Å². The minimum Gasteiger partial charge on any atom is -0.458 e. The molecule has 4 aliphatic heterocycles. The zero-order valence-electron chi connectivity index (χ0n) is 46.6. The third kappa shape index (κ3) is 7.36. The molecule has 0 atom stereocenters. The van der Waals surface area contributed by atoms with Crippen molar-refractivity contribution in [3.05, 3.63) is 303 Å². The maximum absolute atomic E-state index is 7.28. The van der Waals surface area contributed by atoms with E-state index in [1.807, 2.05) is 0 Å². The fourth-order valence-electron chi connectivity index (χ4n) is 14.5. The van der Waals surface area contributed by atoms with Gasteiger partial charge in [-0.25, -0.2) is 0 Å². The van der Waals surface area contributed by atoms with Crippen LogP contribution in [0.3, 0.4) is 0 Å². The third-order valence-electron chi connectivity index (χ3n) is 18.0. The summed E-state index contributed by atoms with van der Waals surface area (Å²) in [6, 6.07) is 110. The van der Waals surface area contributed by atoms with Crippen molar-refractivity contribution in [2.75, 3.05) is 19.6 Å². The quantitative estimate of drug-likeness (QED) is 0.111. The van der Waals surface area contributed by atoms with Gasteiger partial charge in [-0.3, -0.25) is 0 Å². The summed E-state index contributed by atoms with van der Waals surface area (Å²) in [6.45, 7) is -0.246. The number of rotatable bonds is 8. The van der Waals surface area contributed by atoms with E-state index < -0.39 is 0 Å². The summed E-state index contributed by atoms with van der Waals surface area (Å²) in [5.74, 6) is 3.44. The van der Waals surface area contributed by atoms with Gasteiger partial charge in [-0.1, -0.05) is 170 Å². The monoisotopic (exact) mass is 1100 g/mol. The Bertz CT molecular complexity index is 4640. The summed E-state index contributed by atoms with van der Waals surface area (Å²) in [6.07, 6.45) is 0. The third-order valence-corrected chi connectivity index (χ3v) is 18.0. The zero-order valence-corrected chi connectivity index (χ0v) is 46.6. The van der Waals surface area contributed by atoms with Crippen LogP contribution in [0.5, 0.6) is 23.0 Å². The van der Waals surface area contributed by atoms with Crippen LogP contribution >= 0.6 is 0 Å². The first kappa shape index (κ1) is 48.3. The highest BCUT2D eigenvalue weighted by atomic mass is 16.5. The topological polar surface area (TPSA) is 31.4 Å². The number of fused-ring (bicyclic) bond motifs is 14. The molecule has 86 heavy (non-hydrogen) atoms. The van der Waals surface area contributed by atoms with Crippen LogP contribution < -0.4 is 61.9 Å². The second-order valence-corrected chi connectivity index (χ2v) is 22.7. The molecule has 4 aliphatic rings. The summed E-state index contributed by atoms with van der Waals surface area (Å²) in [5.41, 5.74) is 20.2. The molecule has 0 N–H and O–H groups in total. The second-order valence-electron chi connectivity index (χ2n) is 22.7. The lowest BCUT2D eigenvalue weighted by atomic mass is 9.34. The second kappa shape index (κ2) is 19.2. The first-order chi connectivity index (χ1) is 42.7. The maximum Gasteiger partial charge on any atom is 0.256 e.